The van der Waals surface area contributed by atoms with Crippen molar-refractivity contribution >= 4 is 50.7 Å². The quantitative estimate of drug-likeness (QED) is 0.376. The summed E-state index contributed by atoms with van der Waals surface area (Å²) in [6, 6.07) is 15.8. The standard InChI is InChI=1S/C28H31Cl2N3O4S/c1-18-7-12-24(13-8-18)38(36,37)33(26-14-19(2)6-9-20(26)3)17-27(34)32(21(4)28(35)31-5)16-22-10-11-23(29)15-25(22)30/h6-15,21H,16-17H2,1-5H3,(H,31,35)/t21-/m1/s1. The fraction of sp³-hybridized carbons (Fsp3) is 0.286. The van der Waals surface area contributed by atoms with Gasteiger partial charge in [-0.3, -0.25) is 13.9 Å². The minimum atomic E-state index is -4.14. The van der Waals surface area contributed by atoms with Crippen molar-refractivity contribution in [3.63, 3.8) is 0 Å². The van der Waals surface area contributed by atoms with Crippen molar-refractivity contribution in [3.05, 3.63) is 93.0 Å². The summed E-state index contributed by atoms with van der Waals surface area (Å²) in [6.07, 6.45) is 0. The SMILES string of the molecule is CNC(=O)[C@@H](C)N(Cc1ccc(Cl)cc1Cl)C(=O)CN(c1cc(C)ccc1C)S(=O)(=O)c1ccc(C)cc1. The summed E-state index contributed by atoms with van der Waals surface area (Å²) in [5, 5.41) is 3.32. The van der Waals surface area contributed by atoms with E-state index >= 15 is 0 Å². The molecule has 0 radical (unpaired) electrons. The zero-order valence-electron chi connectivity index (χ0n) is 22.0. The van der Waals surface area contributed by atoms with Gasteiger partial charge < -0.3 is 10.2 Å². The molecule has 10 heteroatoms. The van der Waals surface area contributed by atoms with Crippen LogP contribution in [0.2, 0.25) is 10.0 Å². The smallest absolute Gasteiger partial charge is 0.264 e. The molecule has 0 saturated heterocycles. The number of likely N-dealkylation sites (N-methyl/N-ethyl adjacent to an activating group) is 1. The van der Waals surface area contributed by atoms with E-state index in [-0.39, 0.29) is 11.4 Å². The van der Waals surface area contributed by atoms with Gasteiger partial charge in [-0.2, -0.15) is 0 Å². The zero-order valence-corrected chi connectivity index (χ0v) is 24.3. The lowest BCUT2D eigenvalue weighted by Gasteiger charge is -2.32. The van der Waals surface area contributed by atoms with Crippen LogP contribution in [0.5, 0.6) is 0 Å². The average molecular weight is 577 g/mol. The minimum absolute atomic E-state index is 0.0192. The molecule has 3 aromatic rings. The van der Waals surface area contributed by atoms with Crippen molar-refractivity contribution in [2.75, 3.05) is 17.9 Å². The summed E-state index contributed by atoms with van der Waals surface area (Å²) in [5.41, 5.74) is 3.39. The molecule has 0 aliphatic rings. The number of rotatable bonds is 9. The molecule has 0 saturated carbocycles. The van der Waals surface area contributed by atoms with Crippen LogP contribution in [0.1, 0.15) is 29.2 Å². The summed E-state index contributed by atoms with van der Waals surface area (Å²) in [5.74, 6) is -0.966. The topological polar surface area (TPSA) is 86.8 Å². The number of halogens is 2. The van der Waals surface area contributed by atoms with Gasteiger partial charge in [-0.05, 0) is 74.7 Å². The maximum absolute atomic E-state index is 13.9. The Kier molecular flexibility index (Phi) is 9.46. The van der Waals surface area contributed by atoms with Gasteiger partial charge in [0, 0.05) is 23.6 Å². The molecule has 38 heavy (non-hydrogen) atoms. The Hall–Kier alpha value is -3.07. The van der Waals surface area contributed by atoms with Gasteiger partial charge in [0.15, 0.2) is 0 Å². The van der Waals surface area contributed by atoms with E-state index in [9.17, 15) is 18.0 Å². The highest BCUT2D eigenvalue weighted by Gasteiger charge is 2.33. The van der Waals surface area contributed by atoms with Gasteiger partial charge in [0.25, 0.3) is 10.0 Å². The van der Waals surface area contributed by atoms with Gasteiger partial charge >= 0.3 is 0 Å². The first-order chi connectivity index (χ1) is 17.8. The number of hydrogen-bond acceptors (Lipinski definition) is 4. The second kappa shape index (κ2) is 12.2. The largest absolute Gasteiger partial charge is 0.357 e. The van der Waals surface area contributed by atoms with Crippen molar-refractivity contribution in [1.82, 2.24) is 10.2 Å². The summed E-state index contributed by atoms with van der Waals surface area (Å²) in [7, 11) is -2.66. The third-order valence-corrected chi connectivity index (χ3v) is 8.65. The fourth-order valence-electron chi connectivity index (χ4n) is 3.96. The second-order valence-electron chi connectivity index (χ2n) is 9.16. The normalized spacial score (nSPS) is 12.1. The number of benzene rings is 3. The van der Waals surface area contributed by atoms with E-state index in [4.69, 9.17) is 23.2 Å². The summed E-state index contributed by atoms with van der Waals surface area (Å²) in [4.78, 5) is 27.8. The van der Waals surface area contributed by atoms with Gasteiger partial charge in [0.2, 0.25) is 11.8 Å². The van der Waals surface area contributed by atoms with Crippen LogP contribution >= 0.6 is 23.2 Å². The molecule has 1 atom stereocenters. The lowest BCUT2D eigenvalue weighted by Crippen LogP contribution is -2.50. The van der Waals surface area contributed by atoms with Crippen molar-refractivity contribution in [2.45, 2.75) is 45.2 Å². The first-order valence-corrected chi connectivity index (χ1v) is 14.2. The van der Waals surface area contributed by atoms with Crippen LogP contribution in [0.25, 0.3) is 0 Å². The van der Waals surface area contributed by atoms with Gasteiger partial charge in [-0.25, -0.2) is 8.42 Å². The van der Waals surface area contributed by atoms with Crippen LogP contribution in [0.4, 0.5) is 5.69 Å². The van der Waals surface area contributed by atoms with Crippen molar-refractivity contribution in [2.24, 2.45) is 0 Å². The Labute approximate surface area is 234 Å². The van der Waals surface area contributed by atoms with E-state index in [0.717, 1.165) is 15.4 Å². The van der Waals surface area contributed by atoms with Crippen LogP contribution in [0.3, 0.4) is 0 Å². The van der Waals surface area contributed by atoms with E-state index in [0.29, 0.717) is 26.9 Å². The predicted octanol–water partition coefficient (Wildman–Crippen LogP) is 5.28. The number of sulfonamides is 1. The van der Waals surface area contributed by atoms with Crippen LogP contribution in [-0.2, 0) is 26.2 Å². The summed E-state index contributed by atoms with van der Waals surface area (Å²) < 4.78 is 28.9. The molecule has 3 aromatic carbocycles. The number of hydrogen-bond donors (Lipinski definition) is 1. The first kappa shape index (κ1) is 29.5. The number of aryl methyl sites for hydroxylation is 3. The van der Waals surface area contributed by atoms with E-state index < -0.39 is 34.4 Å². The Morgan fingerprint density at radius 2 is 1.55 bits per heavy atom. The van der Waals surface area contributed by atoms with Crippen LogP contribution in [0, 0.1) is 20.8 Å². The van der Waals surface area contributed by atoms with Crippen molar-refractivity contribution < 1.29 is 18.0 Å². The lowest BCUT2D eigenvalue weighted by molar-refractivity contribution is -0.139. The molecule has 0 unspecified atom stereocenters. The third-order valence-electron chi connectivity index (χ3n) is 6.29. The van der Waals surface area contributed by atoms with Gasteiger partial charge in [-0.1, -0.05) is 59.1 Å². The van der Waals surface area contributed by atoms with Gasteiger partial charge in [0.05, 0.1) is 10.6 Å². The molecule has 0 aromatic heterocycles. The number of amides is 2. The summed E-state index contributed by atoms with van der Waals surface area (Å²) in [6.45, 7) is 6.54. The average Bonchev–Trinajstić information content (AvgIpc) is 2.87. The molecule has 0 aliphatic carbocycles. The molecule has 0 heterocycles. The minimum Gasteiger partial charge on any atom is -0.357 e. The Morgan fingerprint density at radius 1 is 0.921 bits per heavy atom. The molecule has 7 nitrogen and oxygen atoms in total. The van der Waals surface area contributed by atoms with Crippen LogP contribution in [0.15, 0.2) is 65.6 Å². The number of nitrogens with one attached hydrogen (secondary N) is 1. The molecule has 0 fully saturated rings. The molecule has 2 amide bonds. The van der Waals surface area contributed by atoms with Crippen LogP contribution < -0.4 is 9.62 Å². The van der Waals surface area contributed by atoms with Gasteiger partial charge in [-0.15, -0.1) is 0 Å². The van der Waals surface area contributed by atoms with Crippen LogP contribution in [-0.4, -0.2) is 44.8 Å². The highest BCUT2D eigenvalue weighted by Crippen LogP contribution is 2.29. The first-order valence-electron chi connectivity index (χ1n) is 12.0. The highest BCUT2D eigenvalue weighted by molar-refractivity contribution is 7.92. The molecule has 202 valence electrons. The van der Waals surface area contributed by atoms with E-state index in [1.165, 1.54) is 24.1 Å². The molecule has 0 spiro atoms. The maximum atomic E-state index is 13.9. The van der Waals surface area contributed by atoms with E-state index in [1.54, 1.807) is 50.2 Å². The van der Waals surface area contributed by atoms with E-state index in [1.807, 2.05) is 26.0 Å². The number of carbonyl (C=O) groups is 2. The van der Waals surface area contributed by atoms with Crippen molar-refractivity contribution in [3.8, 4) is 0 Å². The second-order valence-corrected chi connectivity index (χ2v) is 11.9. The highest BCUT2D eigenvalue weighted by atomic mass is 35.5. The van der Waals surface area contributed by atoms with Crippen molar-refractivity contribution in [1.29, 1.82) is 0 Å². The molecule has 0 bridgehead atoms. The van der Waals surface area contributed by atoms with E-state index in [2.05, 4.69) is 5.32 Å². The summed E-state index contributed by atoms with van der Waals surface area (Å²) >= 11 is 12.4. The monoisotopic (exact) mass is 575 g/mol. The number of anilines is 1. The molecule has 1 N–H and O–H groups in total. The number of nitrogens with zero attached hydrogens (tertiary/aromatic N) is 2. The molecular formula is C28H31Cl2N3O4S. The number of carbonyl (C=O) groups excluding carboxylic acids is 2. The molecule has 3 rings (SSSR count). The molecule has 0 aliphatic heterocycles. The Balaban J connectivity index is 2.09. The Morgan fingerprint density at radius 3 is 2.16 bits per heavy atom. The third kappa shape index (κ3) is 6.67. The predicted molar refractivity (Wildman–Crippen MR) is 152 cm³/mol. The Bertz CT molecular complexity index is 1440. The zero-order chi connectivity index (χ0) is 28.2. The molecular weight excluding hydrogens is 545 g/mol. The van der Waals surface area contributed by atoms with Gasteiger partial charge in [0.1, 0.15) is 12.6 Å². The maximum Gasteiger partial charge on any atom is 0.264 e. The fourth-order valence-corrected chi connectivity index (χ4v) is 5.90. The lowest BCUT2D eigenvalue weighted by atomic mass is 10.1.